The smallest absolute Gasteiger partial charge is 0.307 e. The first-order valence-electron chi connectivity index (χ1n) is 11.1. The molecule has 2 aliphatic rings. The zero-order valence-electron chi connectivity index (χ0n) is 19.3. The van der Waals surface area contributed by atoms with E-state index in [9.17, 15) is 39.9 Å². The number of ether oxygens (including phenoxy) is 4. The molecular formula is C19H29N5O13. The van der Waals surface area contributed by atoms with Gasteiger partial charge in [-0.05, 0) is 0 Å². The van der Waals surface area contributed by atoms with Crippen LogP contribution in [0.4, 0.5) is 0 Å². The zero-order chi connectivity index (χ0) is 27.3. The van der Waals surface area contributed by atoms with Crippen molar-refractivity contribution in [2.24, 2.45) is 5.73 Å². The van der Waals surface area contributed by atoms with Gasteiger partial charge < -0.3 is 60.6 Å². The SMILES string of the molecule is NC(=O)c1ncn([C@@H]2O[C@H](COC(=O)CCNC(=O)COC3OC(CO)C(O)C(O)C3O)[C@@H](O)[C@H]2O)n1. The third kappa shape index (κ3) is 6.94. The molecule has 9 atom stereocenters. The number of nitrogens with zero attached hydrogens (tertiary/aromatic N) is 3. The number of carbonyl (C=O) groups excluding carboxylic acids is 3. The quantitative estimate of drug-likeness (QED) is 0.122. The van der Waals surface area contributed by atoms with E-state index < -0.39 is 92.9 Å². The Morgan fingerprint density at radius 2 is 1.73 bits per heavy atom. The summed E-state index contributed by atoms with van der Waals surface area (Å²) in [6, 6.07) is 0. The molecule has 0 aromatic carbocycles. The minimum Gasteiger partial charge on any atom is -0.463 e. The van der Waals surface area contributed by atoms with Gasteiger partial charge in [0.05, 0.1) is 13.0 Å². The normalized spacial score (nSPS) is 33.7. The van der Waals surface area contributed by atoms with Gasteiger partial charge >= 0.3 is 5.97 Å². The highest BCUT2D eigenvalue weighted by molar-refractivity contribution is 5.88. The van der Waals surface area contributed by atoms with E-state index in [0.29, 0.717) is 0 Å². The van der Waals surface area contributed by atoms with E-state index in [4.69, 9.17) is 29.8 Å². The molecule has 2 fully saturated rings. The van der Waals surface area contributed by atoms with Gasteiger partial charge in [-0.3, -0.25) is 14.4 Å². The average Bonchev–Trinajstić information content (AvgIpc) is 3.46. The first-order chi connectivity index (χ1) is 17.5. The summed E-state index contributed by atoms with van der Waals surface area (Å²) in [4.78, 5) is 38.7. The van der Waals surface area contributed by atoms with Crippen LogP contribution in [0.15, 0.2) is 6.33 Å². The van der Waals surface area contributed by atoms with Crippen molar-refractivity contribution < 1.29 is 64.0 Å². The van der Waals surface area contributed by atoms with Gasteiger partial charge in [-0.2, -0.15) is 0 Å². The van der Waals surface area contributed by atoms with Crippen molar-refractivity contribution in [1.82, 2.24) is 20.1 Å². The molecule has 2 amide bonds. The maximum Gasteiger partial charge on any atom is 0.307 e. The number of nitrogens with two attached hydrogens (primary N) is 1. The number of hydrogen-bond donors (Lipinski definition) is 8. The second kappa shape index (κ2) is 12.6. The molecule has 3 rings (SSSR count). The van der Waals surface area contributed by atoms with E-state index in [1.54, 1.807) is 0 Å². The van der Waals surface area contributed by atoms with Crippen molar-refractivity contribution in [1.29, 1.82) is 0 Å². The fourth-order valence-corrected chi connectivity index (χ4v) is 3.56. The van der Waals surface area contributed by atoms with Gasteiger partial charge in [-0.25, -0.2) is 9.67 Å². The molecule has 0 bridgehead atoms. The van der Waals surface area contributed by atoms with Gasteiger partial charge in [-0.15, -0.1) is 5.10 Å². The molecule has 1 aromatic rings. The molecule has 5 unspecified atom stereocenters. The van der Waals surface area contributed by atoms with Gasteiger partial charge in [0, 0.05) is 6.54 Å². The monoisotopic (exact) mass is 535 g/mol. The van der Waals surface area contributed by atoms with Crippen LogP contribution in [0.1, 0.15) is 23.3 Å². The van der Waals surface area contributed by atoms with Crippen LogP contribution in [0, 0.1) is 0 Å². The van der Waals surface area contributed by atoms with Crippen LogP contribution in [-0.4, -0.2) is 139 Å². The van der Waals surface area contributed by atoms with Gasteiger partial charge in [0.25, 0.3) is 5.91 Å². The minimum absolute atomic E-state index is 0.163. The Labute approximate surface area is 208 Å². The summed E-state index contributed by atoms with van der Waals surface area (Å²) in [5, 5.41) is 64.9. The summed E-state index contributed by atoms with van der Waals surface area (Å²) in [6.45, 7) is -1.87. The summed E-state index contributed by atoms with van der Waals surface area (Å²) in [5.41, 5.74) is 5.07. The number of primary amides is 1. The minimum atomic E-state index is -1.67. The highest BCUT2D eigenvalue weighted by Crippen LogP contribution is 2.29. The average molecular weight is 535 g/mol. The van der Waals surface area contributed by atoms with E-state index in [1.165, 1.54) is 0 Å². The predicted octanol–water partition coefficient (Wildman–Crippen LogP) is -6.14. The molecule has 18 heteroatoms. The number of amides is 2. The third-order valence-corrected chi connectivity index (χ3v) is 5.61. The first kappa shape index (κ1) is 28.8. The summed E-state index contributed by atoms with van der Waals surface area (Å²) < 4.78 is 21.6. The second-order valence-corrected chi connectivity index (χ2v) is 8.25. The molecular weight excluding hydrogens is 506 g/mol. The standard InChI is InChI=1S/C19H29N5O13/c20-16(33)17-22-6-24(23-17)18-14(31)12(29)8(36-18)4-34-10(27)1-2-21-9(26)5-35-19-15(32)13(30)11(28)7(3-25)37-19/h6-8,11-15,18-19,25,28-32H,1-5H2,(H2,20,33)(H,21,26)/t7?,8-,11?,12-,13?,14-,15?,18-,19?/m1/s1. The predicted molar refractivity (Wildman–Crippen MR) is 113 cm³/mol. The molecule has 9 N–H and O–H groups in total. The topological polar surface area (TPSA) is 278 Å². The van der Waals surface area contributed by atoms with Gasteiger partial charge in [0.1, 0.15) is 62.3 Å². The van der Waals surface area contributed by atoms with Crippen molar-refractivity contribution >= 4 is 17.8 Å². The molecule has 0 radical (unpaired) electrons. The maximum atomic E-state index is 12.0. The molecule has 18 nitrogen and oxygen atoms in total. The number of nitrogens with one attached hydrogen (secondary N) is 1. The van der Waals surface area contributed by atoms with Gasteiger partial charge in [-0.1, -0.05) is 0 Å². The van der Waals surface area contributed by atoms with Crippen molar-refractivity contribution in [3.05, 3.63) is 12.2 Å². The maximum absolute atomic E-state index is 12.0. The molecule has 1 aromatic heterocycles. The number of aromatic nitrogens is 3. The van der Waals surface area contributed by atoms with Crippen molar-refractivity contribution in [2.45, 2.75) is 61.7 Å². The molecule has 2 aliphatic heterocycles. The van der Waals surface area contributed by atoms with E-state index in [1.807, 2.05) is 0 Å². The number of carbonyl (C=O) groups is 3. The van der Waals surface area contributed by atoms with E-state index in [-0.39, 0.29) is 18.8 Å². The van der Waals surface area contributed by atoms with Crippen LogP contribution in [0.5, 0.6) is 0 Å². The van der Waals surface area contributed by atoms with E-state index in [0.717, 1.165) is 11.0 Å². The summed E-state index contributed by atoms with van der Waals surface area (Å²) >= 11 is 0. The highest BCUT2D eigenvalue weighted by atomic mass is 16.7. The van der Waals surface area contributed by atoms with Crippen LogP contribution in [0.2, 0.25) is 0 Å². The van der Waals surface area contributed by atoms with Crippen LogP contribution in [0.3, 0.4) is 0 Å². The number of aliphatic hydroxyl groups excluding tert-OH is 6. The van der Waals surface area contributed by atoms with Gasteiger partial charge in [0.15, 0.2) is 12.5 Å². The fraction of sp³-hybridized carbons (Fsp3) is 0.737. The Hall–Kier alpha value is -2.81. The van der Waals surface area contributed by atoms with Crippen molar-refractivity contribution in [2.75, 3.05) is 26.4 Å². The lowest BCUT2D eigenvalue weighted by Gasteiger charge is -2.39. The Morgan fingerprint density at radius 3 is 2.38 bits per heavy atom. The lowest BCUT2D eigenvalue weighted by molar-refractivity contribution is -0.299. The van der Waals surface area contributed by atoms with Crippen LogP contribution in [0.25, 0.3) is 0 Å². The molecule has 0 saturated carbocycles. The molecule has 0 aliphatic carbocycles. The highest BCUT2D eigenvalue weighted by Gasteiger charge is 2.45. The summed E-state index contributed by atoms with van der Waals surface area (Å²) in [5.74, 6) is -2.68. The summed E-state index contributed by atoms with van der Waals surface area (Å²) in [6.07, 6.45) is -12.0. The largest absolute Gasteiger partial charge is 0.463 e. The number of esters is 1. The summed E-state index contributed by atoms with van der Waals surface area (Å²) in [7, 11) is 0. The Balaban J connectivity index is 1.35. The third-order valence-electron chi connectivity index (χ3n) is 5.61. The lowest BCUT2D eigenvalue weighted by Crippen LogP contribution is -2.59. The first-order valence-corrected chi connectivity index (χ1v) is 11.1. The molecule has 0 spiro atoms. The zero-order valence-corrected chi connectivity index (χ0v) is 19.3. The van der Waals surface area contributed by atoms with Crippen LogP contribution < -0.4 is 11.1 Å². The van der Waals surface area contributed by atoms with E-state index >= 15 is 0 Å². The second-order valence-electron chi connectivity index (χ2n) is 8.25. The number of rotatable bonds is 11. The number of aliphatic hydroxyl groups is 6. The van der Waals surface area contributed by atoms with Crippen molar-refractivity contribution in [3.8, 4) is 0 Å². The van der Waals surface area contributed by atoms with Crippen molar-refractivity contribution in [3.63, 3.8) is 0 Å². The molecule has 208 valence electrons. The number of hydrogen-bond acceptors (Lipinski definition) is 15. The fourth-order valence-electron chi connectivity index (χ4n) is 3.56. The van der Waals surface area contributed by atoms with Gasteiger partial charge in [0.2, 0.25) is 11.7 Å². The van der Waals surface area contributed by atoms with E-state index in [2.05, 4.69) is 15.4 Å². The molecule has 3 heterocycles. The Morgan fingerprint density at radius 1 is 1.03 bits per heavy atom. The molecule has 37 heavy (non-hydrogen) atoms. The van der Waals surface area contributed by atoms with Crippen LogP contribution >= 0.6 is 0 Å². The van der Waals surface area contributed by atoms with Crippen LogP contribution in [-0.2, 0) is 28.5 Å². The lowest BCUT2D eigenvalue weighted by atomic mass is 9.99. The Bertz CT molecular complexity index is 945. The molecule has 2 saturated heterocycles. The Kier molecular flexibility index (Phi) is 9.81.